The van der Waals surface area contributed by atoms with Crippen molar-refractivity contribution in [3.8, 4) is 28.4 Å². The summed E-state index contributed by atoms with van der Waals surface area (Å²) in [5, 5.41) is 3.51. The topological polar surface area (TPSA) is 85.7 Å². The summed E-state index contributed by atoms with van der Waals surface area (Å²) in [6.45, 7) is 4.17. The quantitative estimate of drug-likeness (QED) is 0.359. The number of carbonyl (C=O) groups excluding carboxylic acids is 2. The van der Waals surface area contributed by atoms with Crippen LogP contribution in [0.5, 0.6) is 11.5 Å². The van der Waals surface area contributed by atoms with Gasteiger partial charge < -0.3 is 14.4 Å². The van der Waals surface area contributed by atoms with Gasteiger partial charge in [-0.1, -0.05) is 41.4 Å². The van der Waals surface area contributed by atoms with E-state index >= 15 is 0 Å². The van der Waals surface area contributed by atoms with E-state index in [1.165, 1.54) is 4.90 Å². The minimum absolute atomic E-state index is 0.124. The molecule has 0 unspecified atom stereocenters. The van der Waals surface area contributed by atoms with Gasteiger partial charge in [0.05, 0.1) is 5.69 Å². The van der Waals surface area contributed by atoms with E-state index in [4.69, 9.17) is 21.1 Å². The van der Waals surface area contributed by atoms with Crippen molar-refractivity contribution in [2.45, 2.75) is 13.8 Å². The first kappa shape index (κ1) is 24.4. The third-order valence-electron chi connectivity index (χ3n) is 6.03. The molecular formula is C28H25ClN4O4. The molecule has 3 aromatic carbocycles. The Morgan fingerprint density at radius 2 is 1.76 bits per heavy atom. The molecule has 0 bridgehead atoms. The Hall–Kier alpha value is -4.30. The monoisotopic (exact) mass is 516 g/mol. The number of aryl methyl sites for hydroxylation is 1. The van der Waals surface area contributed by atoms with Crippen molar-refractivity contribution in [1.82, 2.24) is 14.5 Å². The van der Waals surface area contributed by atoms with Crippen LogP contribution in [0.15, 0.2) is 72.9 Å². The number of fused-ring (bicyclic) bond motifs is 1. The van der Waals surface area contributed by atoms with Gasteiger partial charge in [-0.2, -0.15) is 0 Å². The molecule has 1 N–H and O–H groups in total. The van der Waals surface area contributed by atoms with E-state index in [9.17, 15) is 9.59 Å². The molecule has 37 heavy (non-hydrogen) atoms. The second-order valence-corrected chi connectivity index (χ2v) is 9.03. The summed E-state index contributed by atoms with van der Waals surface area (Å²) in [6.07, 6.45) is 1.86. The van der Waals surface area contributed by atoms with Crippen LogP contribution >= 0.6 is 11.6 Å². The number of benzene rings is 3. The molecule has 2 heterocycles. The number of nitrogens with one attached hydrogen (secondary N) is 1. The predicted molar refractivity (Wildman–Crippen MR) is 142 cm³/mol. The Kier molecular flexibility index (Phi) is 6.83. The smallest absolute Gasteiger partial charge is 0.254 e. The number of rotatable bonds is 7. The fraction of sp³-hybridized carbons (Fsp3) is 0.179. The van der Waals surface area contributed by atoms with Crippen LogP contribution in [0.25, 0.3) is 16.9 Å². The molecule has 9 heteroatoms. The first-order valence-corrected chi connectivity index (χ1v) is 12.2. The Morgan fingerprint density at radius 1 is 1.03 bits per heavy atom. The average Bonchev–Trinajstić information content (AvgIpc) is 3.54. The van der Waals surface area contributed by atoms with Crippen molar-refractivity contribution in [1.29, 1.82) is 0 Å². The SMILES string of the molecule is CCN(CC(=O)Nc1nc(-c2ccc(Cl)cc2)cn1-c1ccc(C)cc1)C(=O)c1ccc2c(c1)OCO2. The van der Waals surface area contributed by atoms with Crippen molar-refractivity contribution in [3.05, 3.63) is 89.1 Å². The molecule has 1 aliphatic rings. The van der Waals surface area contributed by atoms with E-state index in [1.54, 1.807) is 30.3 Å². The van der Waals surface area contributed by atoms with Crippen molar-refractivity contribution < 1.29 is 19.1 Å². The van der Waals surface area contributed by atoms with E-state index in [1.807, 2.05) is 61.0 Å². The first-order valence-electron chi connectivity index (χ1n) is 11.8. The minimum atomic E-state index is -0.363. The van der Waals surface area contributed by atoms with Crippen LogP contribution in [0.1, 0.15) is 22.8 Å². The maximum Gasteiger partial charge on any atom is 0.254 e. The fourth-order valence-corrected chi connectivity index (χ4v) is 4.13. The number of hydrogen-bond acceptors (Lipinski definition) is 5. The van der Waals surface area contributed by atoms with Gasteiger partial charge in [0.1, 0.15) is 6.54 Å². The van der Waals surface area contributed by atoms with Gasteiger partial charge in [-0.25, -0.2) is 4.98 Å². The summed E-state index contributed by atoms with van der Waals surface area (Å²) in [5.41, 5.74) is 3.92. The second-order valence-electron chi connectivity index (χ2n) is 8.60. The molecule has 0 radical (unpaired) electrons. The standard InChI is InChI=1S/C28H25ClN4O4/c1-3-32(27(35)20-8-13-24-25(14-20)37-17-36-24)16-26(34)31-28-30-23(19-6-9-21(29)10-7-19)15-33(28)22-11-4-18(2)5-12-22/h4-15H,3,16-17H2,1-2H3,(H,30,31,34). The van der Waals surface area contributed by atoms with E-state index in [2.05, 4.69) is 10.3 Å². The highest BCUT2D eigenvalue weighted by atomic mass is 35.5. The van der Waals surface area contributed by atoms with Gasteiger partial charge in [0.15, 0.2) is 11.5 Å². The fourth-order valence-electron chi connectivity index (χ4n) is 4.01. The maximum atomic E-state index is 13.1. The minimum Gasteiger partial charge on any atom is -0.454 e. The van der Waals surface area contributed by atoms with Crippen LogP contribution in [0.4, 0.5) is 5.95 Å². The first-order chi connectivity index (χ1) is 17.9. The van der Waals surface area contributed by atoms with Crippen LogP contribution in [0, 0.1) is 6.92 Å². The highest BCUT2D eigenvalue weighted by Gasteiger charge is 2.22. The van der Waals surface area contributed by atoms with Gasteiger partial charge in [0.25, 0.3) is 5.91 Å². The zero-order valence-corrected chi connectivity index (χ0v) is 21.2. The number of anilines is 1. The summed E-state index contributed by atoms with van der Waals surface area (Å²) in [5.74, 6) is 0.820. The zero-order valence-electron chi connectivity index (χ0n) is 20.4. The zero-order chi connectivity index (χ0) is 25.9. The van der Waals surface area contributed by atoms with Crippen LogP contribution < -0.4 is 14.8 Å². The van der Waals surface area contributed by atoms with Gasteiger partial charge >= 0.3 is 0 Å². The molecule has 5 rings (SSSR count). The highest BCUT2D eigenvalue weighted by Crippen LogP contribution is 2.33. The van der Waals surface area contributed by atoms with Crippen molar-refractivity contribution in [2.24, 2.45) is 0 Å². The number of nitrogens with zero attached hydrogens (tertiary/aromatic N) is 3. The highest BCUT2D eigenvalue weighted by molar-refractivity contribution is 6.30. The molecule has 0 fully saturated rings. The molecular weight excluding hydrogens is 492 g/mol. The van der Waals surface area contributed by atoms with Gasteiger partial charge in [-0.05, 0) is 56.3 Å². The molecule has 0 saturated carbocycles. The van der Waals surface area contributed by atoms with Gasteiger partial charge in [0, 0.05) is 34.6 Å². The van der Waals surface area contributed by atoms with Crippen molar-refractivity contribution in [3.63, 3.8) is 0 Å². The third-order valence-corrected chi connectivity index (χ3v) is 6.28. The van der Waals surface area contributed by atoms with Crippen LogP contribution in [-0.2, 0) is 4.79 Å². The molecule has 2 amide bonds. The molecule has 8 nitrogen and oxygen atoms in total. The average molecular weight is 517 g/mol. The summed E-state index contributed by atoms with van der Waals surface area (Å²) >= 11 is 6.05. The van der Waals surface area contributed by atoms with Crippen LogP contribution in [-0.4, -0.2) is 46.1 Å². The number of amides is 2. The maximum absolute atomic E-state index is 13.1. The number of aromatic nitrogens is 2. The molecule has 188 valence electrons. The Morgan fingerprint density at radius 3 is 2.49 bits per heavy atom. The van der Waals surface area contributed by atoms with Gasteiger partial charge in [-0.15, -0.1) is 0 Å². The Balaban J connectivity index is 1.38. The van der Waals surface area contributed by atoms with E-state index < -0.39 is 0 Å². The predicted octanol–water partition coefficient (Wildman–Crippen LogP) is 5.33. The lowest BCUT2D eigenvalue weighted by atomic mass is 10.1. The number of hydrogen-bond donors (Lipinski definition) is 1. The number of ether oxygens (including phenoxy) is 2. The molecule has 1 aliphatic heterocycles. The van der Waals surface area contributed by atoms with Crippen molar-refractivity contribution >= 4 is 29.4 Å². The number of carbonyl (C=O) groups is 2. The third kappa shape index (κ3) is 5.29. The molecule has 0 spiro atoms. The van der Waals surface area contributed by atoms with E-state index in [0.29, 0.717) is 40.3 Å². The summed E-state index contributed by atoms with van der Waals surface area (Å²) in [6, 6.07) is 20.2. The number of likely N-dealkylation sites (N-methyl/N-ethyl adjacent to an activating group) is 1. The largest absolute Gasteiger partial charge is 0.454 e. The van der Waals surface area contributed by atoms with Crippen LogP contribution in [0.3, 0.4) is 0 Å². The lowest BCUT2D eigenvalue weighted by Gasteiger charge is -2.20. The summed E-state index contributed by atoms with van der Waals surface area (Å²) in [4.78, 5) is 32.4. The van der Waals surface area contributed by atoms with Gasteiger partial charge in [-0.3, -0.25) is 19.5 Å². The van der Waals surface area contributed by atoms with Crippen molar-refractivity contribution in [2.75, 3.05) is 25.2 Å². The Bertz CT molecular complexity index is 1450. The molecule has 0 saturated heterocycles. The normalized spacial score (nSPS) is 11.9. The number of imidazole rings is 1. The molecule has 1 aromatic heterocycles. The lowest BCUT2D eigenvalue weighted by Crippen LogP contribution is -2.38. The Labute approximate surface area is 219 Å². The molecule has 0 aliphatic carbocycles. The van der Waals surface area contributed by atoms with E-state index in [0.717, 1.165) is 16.8 Å². The van der Waals surface area contributed by atoms with E-state index in [-0.39, 0.29) is 25.2 Å². The second kappa shape index (κ2) is 10.4. The van der Waals surface area contributed by atoms with Crippen LogP contribution in [0.2, 0.25) is 5.02 Å². The summed E-state index contributed by atoms with van der Waals surface area (Å²) in [7, 11) is 0. The van der Waals surface area contributed by atoms with Gasteiger partial charge in [0.2, 0.25) is 18.6 Å². The number of halogens is 1. The lowest BCUT2D eigenvalue weighted by molar-refractivity contribution is -0.116. The summed E-state index contributed by atoms with van der Waals surface area (Å²) < 4.78 is 12.5. The molecule has 0 atom stereocenters. The molecule has 4 aromatic rings.